The molecule has 0 aromatic carbocycles. The van der Waals surface area contributed by atoms with Crippen LogP contribution in [0.3, 0.4) is 0 Å². The van der Waals surface area contributed by atoms with Gasteiger partial charge in [0.25, 0.3) is 0 Å². The number of Topliss-reactive ketones (excluding diaryl/α,β-unsaturated/α-hetero) is 1. The lowest BCUT2D eigenvalue weighted by Gasteiger charge is -2.10. The van der Waals surface area contributed by atoms with E-state index in [1.54, 1.807) is 0 Å². The molecule has 1 aliphatic carbocycles. The van der Waals surface area contributed by atoms with Crippen molar-refractivity contribution in [1.82, 2.24) is 0 Å². The van der Waals surface area contributed by atoms with E-state index in [0.717, 1.165) is 18.4 Å². The van der Waals surface area contributed by atoms with Gasteiger partial charge in [0.05, 0.1) is 5.92 Å². The van der Waals surface area contributed by atoms with Gasteiger partial charge in [0.15, 0.2) is 5.78 Å². The second-order valence-electron chi connectivity index (χ2n) is 3.58. The third-order valence-corrected chi connectivity index (χ3v) is 2.84. The molecule has 3 heteroatoms. The van der Waals surface area contributed by atoms with E-state index in [9.17, 15) is 9.59 Å². The summed E-state index contributed by atoms with van der Waals surface area (Å²) in [6.45, 7) is 3.94. The molecule has 0 bridgehead atoms. The number of ketones is 1. The first-order chi connectivity index (χ1) is 6.61. The van der Waals surface area contributed by atoms with Gasteiger partial charge >= 0.3 is 5.97 Å². The fraction of sp³-hybridized carbons (Fsp3) is 0.636. The summed E-state index contributed by atoms with van der Waals surface area (Å²) in [5.41, 5.74) is 1.60. The van der Waals surface area contributed by atoms with Crippen LogP contribution in [-0.2, 0) is 9.59 Å². The Morgan fingerprint density at radius 3 is 2.43 bits per heavy atom. The lowest BCUT2D eigenvalue weighted by molar-refractivity contribution is -0.140. The molecule has 1 N–H and O–H groups in total. The van der Waals surface area contributed by atoms with Crippen LogP contribution >= 0.6 is 0 Å². The maximum Gasteiger partial charge on any atom is 0.311 e. The van der Waals surface area contributed by atoms with E-state index in [1.165, 1.54) is 0 Å². The summed E-state index contributed by atoms with van der Waals surface area (Å²) in [6.07, 6.45) is 2.44. The maximum absolute atomic E-state index is 11.5. The molecular weight excluding hydrogens is 180 g/mol. The maximum atomic E-state index is 11.5. The minimum atomic E-state index is -0.856. The van der Waals surface area contributed by atoms with Gasteiger partial charge in [-0.05, 0) is 19.3 Å². The van der Waals surface area contributed by atoms with Crippen molar-refractivity contribution >= 4 is 11.8 Å². The van der Waals surface area contributed by atoms with Crippen molar-refractivity contribution in [1.29, 1.82) is 0 Å². The zero-order valence-corrected chi connectivity index (χ0v) is 8.67. The first kappa shape index (κ1) is 11.0. The van der Waals surface area contributed by atoms with Crippen LogP contribution in [0, 0.1) is 5.92 Å². The fourth-order valence-corrected chi connectivity index (χ4v) is 2.07. The number of aliphatic carboxylic acids is 1. The summed E-state index contributed by atoms with van der Waals surface area (Å²) in [6, 6.07) is 0. The van der Waals surface area contributed by atoms with Crippen molar-refractivity contribution in [3.63, 3.8) is 0 Å². The van der Waals surface area contributed by atoms with Crippen LogP contribution in [0.4, 0.5) is 0 Å². The fourth-order valence-electron chi connectivity index (χ4n) is 2.07. The molecular formula is C11H16O3. The standard InChI is InChI=1S/C11H16O3/c1-3-7(4-2)10-8(11(13)14)5-6-9(10)12/h8H,3-6H2,1-2H3,(H,13,14). The third kappa shape index (κ3) is 1.86. The molecule has 0 amide bonds. The van der Waals surface area contributed by atoms with Gasteiger partial charge in [-0.15, -0.1) is 0 Å². The van der Waals surface area contributed by atoms with E-state index in [0.29, 0.717) is 18.4 Å². The second kappa shape index (κ2) is 4.40. The number of carboxylic acid groups (broad SMARTS) is 1. The van der Waals surface area contributed by atoms with Crippen LogP contribution in [-0.4, -0.2) is 16.9 Å². The third-order valence-electron chi connectivity index (χ3n) is 2.84. The molecule has 0 heterocycles. The quantitative estimate of drug-likeness (QED) is 0.704. The lowest BCUT2D eigenvalue weighted by atomic mass is 9.94. The van der Waals surface area contributed by atoms with Crippen LogP contribution in [0.25, 0.3) is 0 Å². The predicted molar refractivity (Wildman–Crippen MR) is 53.0 cm³/mol. The topological polar surface area (TPSA) is 54.4 Å². The van der Waals surface area contributed by atoms with Crippen molar-refractivity contribution in [2.24, 2.45) is 5.92 Å². The highest BCUT2D eigenvalue weighted by atomic mass is 16.4. The van der Waals surface area contributed by atoms with E-state index < -0.39 is 11.9 Å². The predicted octanol–water partition coefficient (Wildman–Crippen LogP) is 2.17. The van der Waals surface area contributed by atoms with Gasteiger partial charge in [0, 0.05) is 12.0 Å². The molecule has 0 radical (unpaired) electrons. The van der Waals surface area contributed by atoms with Crippen molar-refractivity contribution in [2.45, 2.75) is 39.5 Å². The Hall–Kier alpha value is -1.12. The zero-order chi connectivity index (χ0) is 10.7. The van der Waals surface area contributed by atoms with Gasteiger partial charge in [-0.3, -0.25) is 9.59 Å². The average Bonchev–Trinajstić information content (AvgIpc) is 2.51. The van der Waals surface area contributed by atoms with Crippen molar-refractivity contribution in [2.75, 3.05) is 0 Å². The monoisotopic (exact) mass is 196 g/mol. The Balaban J connectivity index is 3.08. The van der Waals surface area contributed by atoms with Gasteiger partial charge in [0.1, 0.15) is 0 Å². The molecule has 78 valence electrons. The molecule has 0 aliphatic heterocycles. The lowest BCUT2D eigenvalue weighted by Crippen LogP contribution is -2.15. The van der Waals surface area contributed by atoms with Gasteiger partial charge in [-0.1, -0.05) is 19.4 Å². The zero-order valence-electron chi connectivity index (χ0n) is 8.67. The van der Waals surface area contributed by atoms with Gasteiger partial charge < -0.3 is 5.11 Å². The minimum Gasteiger partial charge on any atom is -0.481 e. The summed E-state index contributed by atoms with van der Waals surface area (Å²) in [7, 11) is 0. The molecule has 0 aromatic rings. The largest absolute Gasteiger partial charge is 0.481 e. The van der Waals surface area contributed by atoms with Gasteiger partial charge in [-0.25, -0.2) is 0 Å². The molecule has 0 saturated heterocycles. The van der Waals surface area contributed by atoms with Crippen LogP contribution in [0.2, 0.25) is 0 Å². The van der Waals surface area contributed by atoms with E-state index in [-0.39, 0.29) is 5.78 Å². The highest BCUT2D eigenvalue weighted by molar-refractivity contribution is 6.03. The summed E-state index contributed by atoms with van der Waals surface area (Å²) < 4.78 is 0. The van der Waals surface area contributed by atoms with Gasteiger partial charge in [-0.2, -0.15) is 0 Å². The van der Waals surface area contributed by atoms with Crippen molar-refractivity contribution in [3.05, 3.63) is 11.1 Å². The first-order valence-electron chi connectivity index (χ1n) is 5.09. The highest BCUT2D eigenvalue weighted by Crippen LogP contribution is 2.32. The smallest absolute Gasteiger partial charge is 0.311 e. The Kier molecular flexibility index (Phi) is 3.44. The molecule has 3 nitrogen and oxygen atoms in total. The van der Waals surface area contributed by atoms with Crippen molar-refractivity contribution < 1.29 is 14.7 Å². The molecule has 1 atom stereocenters. The number of rotatable bonds is 3. The van der Waals surface area contributed by atoms with Gasteiger partial charge in [0.2, 0.25) is 0 Å². The molecule has 1 fully saturated rings. The molecule has 1 saturated carbocycles. The van der Waals surface area contributed by atoms with Crippen molar-refractivity contribution in [3.8, 4) is 0 Å². The summed E-state index contributed by atoms with van der Waals surface area (Å²) in [5.74, 6) is -1.36. The van der Waals surface area contributed by atoms with E-state index in [2.05, 4.69) is 0 Å². The number of hydrogen-bond donors (Lipinski definition) is 1. The Morgan fingerprint density at radius 2 is 2.00 bits per heavy atom. The van der Waals surface area contributed by atoms with Crippen LogP contribution in [0.5, 0.6) is 0 Å². The highest BCUT2D eigenvalue weighted by Gasteiger charge is 2.35. The molecule has 1 aliphatic rings. The summed E-state index contributed by atoms with van der Waals surface area (Å²) in [5, 5.41) is 8.95. The van der Waals surface area contributed by atoms with E-state index in [4.69, 9.17) is 5.11 Å². The Labute approximate surface area is 83.8 Å². The number of carbonyl (C=O) groups excluding carboxylic acids is 1. The van der Waals surface area contributed by atoms with E-state index in [1.807, 2.05) is 13.8 Å². The normalized spacial score (nSPS) is 21.4. The first-order valence-corrected chi connectivity index (χ1v) is 5.09. The van der Waals surface area contributed by atoms with Crippen LogP contribution in [0.1, 0.15) is 39.5 Å². The molecule has 0 aromatic heterocycles. The van der Waals surface area contributed by atoms with Crippen LogP contribution in [0.15, 0.2) is 11.1 Å². The molecule has 1 unspecified atom stereocenters. The summed E-state index contributed by atoms with van der Waals surface area (Å²) >= 11 is 0. The summed E-state index contributed by atoms with van der Waals surface area (Å²) in [4.78, 5) is 22.4. The Bertz CT molecular complexity index is 283. The SMILES string of the molecule is CCC(CC)=C1C(=O)CCC1C(=O)O. The molecule has 1 rings (SSSR count). The average molecular weight is 196 g/mol. The Morgan fingerprint density at radius 1 is 1.43 bits per heavy atom. The number of carbonyl (C=O) groups is 2. The van der Waals surface area contributed by atoms with E-state index >= 15 is 0 Å². The second-order valence-corrected chi connectivity index (χ2v) is 3.58. The number of allylic oxidation sites excluding steroid dienone is 1. The molecule has 0 spiro atoms. The molecule has 14 heavy (non-hydrogen) atoms. The minimum absolute atomic E-state index is 0.0381. The number of carboxylic acids is 1. The van der Waals surface area contributed by atoms with Crippen LogP contribution < -0.4 is 0 Å². The number of hydrogen-bond acceptors (Lipinski definition) is 2.